The normalized spacial score (nSPS) is 13.4. The van der Waals surface area contributed by atoms with Crippen molar-refractivity contribution in [2.45, 2.75) is 31.9 Å². The number of nitrogens with two attached hydrogens (primary N) is 1. The molecule has 3 aromatic rings. The minimum absolute atomic E-state index is 0.0575. The molecule has 4 N–H and O–H groups in total. The number of rotatable bonds is 9. The second-order valence-electron chi connectivity index (χ2n) is 7.66. The number of alkyl halides is 6. The van der Waals surface area contributed by atoms with E-state index in [1.165, 1.54) is 18.3 Å². The van der Waals surface area contributed by atoms with E-state index in [1.54, 1.807) is 24.3 Å². The summed E-state index contributed by atoms with van der Waals surface area (Å²) in [5, 5.41) is 19.6. The summed E-state index contributed by atoms with van der Waals surface area (Å²) in [6.45, 7) is -2.51. The molecule has 3 rings (SSSR count). The Morgan fingerprint density at radius 2 is 1.70 bits per heavy atom. The van der Waals surface area contributed by atoms with E-state index in [1.807, 2.05) is 0 Å². The number of fused-ring (bicyclic) bond motifs is 1. The van der Waals surface area contributed by atoms with E-state index in [2.05, 4.69) is 0 Å². The van der Waals surface area contributed by atoms with Crippen LogP contribution in [0.1, 0.15) is 17.2 Å². The fraction of sp³-hybridized carbons (Fsp3) is 0.318. The first-order valence-electron chi connectivity index (χ1n) is 9.68. The lowest BCUT2D eigenvalue weighted by atomic mass is 9.89. The molecule has 33 heavy (non-hydrogen) atoms. The van der Waals surface area contributed by atoms with Gasteiger partial charge in [-0.25, -0.2) is 26.3 Å². The predicted octanol–water partition coefficient (Wildman–Crippen LogP) is 4.75. The Labute approximate surface area is 190 Å². The molecule has 1 aromatic heterocycles. The summed E-state index contributed by atoms with van der Waals surface area (Å²) < 4.78 is 81.7. The molecule has 0 saturated carbocycles. The third kappa shape index (κ3) is 4.71. The van der Waals surface area contributed by atoms with E-state index in [4.69, 9.17) is 18.0 Å². The van der Waals surface area contributed by atoms with Crippen LogP contribution in [0.15, 0.2) is 48.7 Å². The van der Waals surface area contributed by atoms with Gasteiger partial charge in [-0.1, -0.05) is 42.5 Å². The van der Waals surface area contributed by atoms with Crippen LogP contribution in [0.5, 0.6) is 0 Å². The summed E-state index contributed by atoms with van der Waals surface area (Å²) >= 11 is 4.97. The van der Waals surface area contributed by atoms with Crippen LogP contribution in [0.3, 0.4) is 0 Å². The molecular formula is C22H20F6N2O2S. The quantitative estimate of drug-likeness (QED) is 0.299. The highest BCUT2D eigenvalue weighted by Gasteiger charge is 2.49. The van der Waals surface area contributed by atoms with Gasteiger partial charge in [0.15, 0.2) is 0 Å². The number of benzene rings is 2. The van der Waals surface area contributed by atoms with Crippen molar-refractivity contribution in [1.82, 2.24) is 4.57 Å². The molecule has 11 heteroatoms. The van der Waals surface area contributed by atoms with Gasteiger partial charge >= 0.3 is 0 Å². The monoisotopic (exact) mass is 490 g/mol. The van der Waals surface area contributed by atoms with Crippen molar-refractivity contribution < 1.29 is 36.6 Å². The van der Waals surface area contributed by atoms with Crippen LogP contribution in [0.25, 0.3) is 22.0 Å². The summed E-state index contributed by atoms with van der Waals surface area (Å²) in [5.41, 5.74) is 3.85. The van der Waals surface area contributed by atoms with Crippen molar-refractivity contribution in [3.05, 3.63) is 59.8 Å². The van der Waals surface area contributed by atoms with E-state index in [9.17, 15) is 36.6 Å². The smallest absolute Gasteiger partial charge is 0.268 e. The first kappa shape index (κ1) is 25.0. The highest BCUT2D eigenvalue weighted by Crippen LogP contribution is 2.39. The van der Waals surface area contributed by atoms with E-state index in [0.29, 0.717) is 22.1 Å². The molecule has 2 aromatic carbocycles. The Morgan fingerprint density at radius 1 is 1.03 bits per heavy atom. The van der Waals surface area contributed by atoms with E-state index in [-0.39, 0.29) is 16.1 Å². The zero-order valence-electron chi connectivity index (χ0n) is 16.9. The largest absolute Gasteiger partial charge is 0.395 e. The van der Waals surface area contributed by atoms with Gasteiger partial charge in [-0.2, -0.15) is 0 Å². The molecule has 0 saturated heterocycles. The van der Waals surface area contributed by atoms with Gasteiger partial charge in [-0.3, -0.25) is 0 Å². The minimum Gasteiger partial charge on any atom is -0.395 e. The van der Waals surface area contributed by atoms with Gasteiger partial charge < -0.3 is 20.5 Å². The fourth-order valence-corrected chi connectivity index (χ4v) is 3.70. The first-order chi connectivity index (χ1) is 15.5. The van der Waals surface area contributed by atoms with Gasteiger partial charge in [0.05, 0.1) is 6.61 Å². The van der Waals surface area contributed by atoms with Gasteiger partial charge in [0.2, 0.25) is 0 Å². The average molecular weight is 490 g/mol. The molecule has 0 fully saturated rings. The molecule has 0 aliphatic rings. The van der Waals surface area contributed by atoms with E-state index < -0.39 is 43.9 Å². The number of aromatic nitrogens is 1. The lowest BCUT2D eigenvalue weighted by Gasteiger charge is -2.30. The molecular weight excluding hydrogens is 470 g/mol. The van der Waals surface area contributed by atoms with E-state index >= 15 is 0 Å². The summed E-state index contributed by atoms with van der Waals surface area (Å²) in [4.78, 5) is 0.0950. The third-order valence-corrected chi connectivity index (χ3v) is 5.81. The third-order valence-electron chi connectivity index (χ3n) is 5.57. The summed E-state index contributed by atoms with van der Waals surface area (Å²) in [7, 11) is 0. The Kier molecular flexibility index (Phi) is 7.35. The van der Waals surface area contributed by atoms with Crippen LogP contribution in [-0.2, 0) is 6.54 Å². The number of aliphatic hydroxyl groups excluding tert-OH is 2. The van der Waals surface area contributed by atoms with Gasteiger partial charge in [-0.15, -0.1) is 0 Å². The number of hydrogen-bond donors (Lipinski definition) is 3. The van der Waals surface area contributed by atoms with Gasteiger partial charge in [0.1, 0.15) is 16.5 Å². The van der Waals surface area contributed by atoms with Crippen molar-refractivity contribution in [2.24, 2.45) is 11.1 Å². The first-order valence-corrected chi connectivity index (χ1v) is 10.1. The van der Waals surface area contributed by atoms with Crippen LogP contribution >= 0.6 is 12.2 Å². The number of aliphatic hydroxyl groups is 2. The second kappa shape index (κ2) is 9.70. The molecule has 178 valence electrons. The number of thiocarbonyl (C=S) groups is 1. The molecule has 0 radical (unpaired) electrons. The Hall–Kier alpha value is -2.63. The molecule has 0 aliphatic heterocycles. The van der Waals surface area contributed by atoms with Crippen molar-refractivity contribution in [2.75, 3.05) is 6.61 Å². The summed E-state index contributed by atoms with van der Waals surface area (Å²) in [5.74, 6) is 0. The zero-order chi connectivity index (χ0) is 24.5. The summed E-state index contributed by atoms with van der Waals surface area (Å²) in [6.07, 6.45) is -11.1. The fourth-order valence-electron chi connectivity index (χ4n) is 3.58. The van der Waals surface area contributed by atoms with Gasteiger partial charge in [-0.05, 0) is 23.3 Å². The number of halogens is 6. The van der Waals surface area contributed by atoms with Crippen LogP contribution in [0.4, 0.5) is 26.3 Å². The average Bonchev–Trinajstić information content (AvgIpc) is 3.13. The topological polar surface area (TPSA) is 71.4 Å². The maximum absolute atomic E-state index is 13.7. The maximum atomic E-state index is 13.7. The molecule has 0 aliphatic carbocycles. The van der Waals surface area contributed by atoms with Crippen LogP contribution in [0, 0.1) is 5.41 Å². The highest BCUT2D eigenvalue weighted by atomic mass is 32.1. The molecule has 0 amide bonds. The second-order valence-corrected chi connectivity index (χ2v) is 8.10. The summed E-state index contributed by atoms with van der Waals surface area (Å²) in [6, 6.07) is 10.3. The number of nitrogens with zero attached hydrogens (tertiary/aromatic N) is 1. The standard InChI is InChI=1S/C22H20F6N2O2S/c23-18(24)17(32)12-4-5-14-15(11-2-1-3-13(6-11)19(29)33)8-30(16(14)7-12)9-22(10-31,20(25)26)21(27)28/h1-8,17-18,20-21,31-32H,9-10H2,(H2,29,33). The molecule has 1 unspecified atom stereocenters. The lowest BCUT2D eigenvalue weighted by molar-refractivity contribution is -0.141. The van der Waals surface area contributed by atoms with Gasteiger partial charge in [0.25, 0.3) is 19.3 Å². The molecule has 0 bridgehead atoms. The molecule has 1 atom stereocenters. The van der Waals surface area contributed by atoms with Crippen molar-refractivity contribution in [3.63, 3.8) is 0 Å². The zero-order valence-corrected chi connectivity index (χ0v) is 17.8. The molecule has 1 heterocycles. The van der Waals surface area contributed by atoms with Crippen molar-refractivity contribution >= 4 is 28.1 Å². The van der Waals surface area contributed by atoms with E-state index in [0.717, 1.165) is 10.6 Å². The molecule has 0 spiro atoms. The van der Waals surface area contributed by atoms with Crippen molar-refractivity contribution in [3.8, 4) is 11.1 Å². The Balaban J connectivity index is 2.26. The Bertz CT molecular complexity index is 1140. The van der Waals surface area contributed by atoms with Gasteiger partial charge in [0, 0.05) is 34.8 Å². The Morgan fingerprint density at radius 3 is 2.24 bits per heavy atom. The SMILES string of the molecule is NC(=S)c1cccc(-c2cn(CC(CO)(C(F)F)C(F)F)c3cc(C(O)C(F)F)ccc23)c1. The highest BCUT2D eigenvalue weighted by molar-refractivity contribution is 7.80. The van der Waals surface area contributed by atoms with Crippen LogP contribution < -0.4 is 5.73 Å². The minimum atomic E-state index is -3.57. The lowest BCUT2D eigenvalue weighted by Crippen LogP contribution is -2.44. The van der Waals surface area contributed by atoms with Crippen LogP contribution in [-0.4, -0.2) is 45.7 Å². The van der Waals surface area contributed by atoms with Crippen LogP contribution in [0.2, 0.25) is 0 Å². The number of hydrogen-bond acceptors (Lipinski definition) is 3. The maximum Gasteiger partial charge on any atom is 0.268 e. The van der Waals surface area contributed by atoms with Crippen molar-refractivity contribution in [1.29, 1.82) is 0 Å². The molecule has 4 nitrogen and oxygen atoms in total. The predicted molar refractivity (Wildman–Crippen MR) is 116 cm³/mol.